The van der Waals surface area contributed by atoms with E-state index in [2.05, 4.69) is 167 Å². The maximum absolute atomic E-state index is 2.46. The molecule has 7 aromatic carbocycles. The molecule has 0 saturated heterocycles. The van der Waals surface area contributed by atoms with Crippen LogP contribution in [-0.2, 0) is 0 Å². The highest BCUT2D eigenvalue weighted by molar-refractivity contribution is 6.22. The van der Waals surface area contributed by atoms with E-state index >= 15 is 0 Å². The van der Waals surface area contributed by atoms with Crippen molar-refractivity contribution in [3.8, 4) is 22.5 Å². The molecule has 0 amide bonds. The lowest BCUT2D eigenvalue weighted by Crippen LogP contribution is -1.96. The van der Waals surface area contributed by atoms with Crippen LogP contribution in [0.3, 0.4) is 0 Å². The van der Waals surface area contributed by atoms with Gasteiger partial charge >= 0.3 is 0 Å². The van der Waals surface area contributed by atoms with Crippen LogP contribution in [0.5, 0.6) is 0 Å². The molecule has 0 N–H and O–H groups in total. The molecule has 0 fully saturated rings. The molecule has 0 spiro atoms. The van der Waals surface area contributed by atoms with Gasteiger partial charge in [0.05, 0.1) is 22.1 Å². The summed E-state index contributed by atoms with van der Waals surface area (Å²) >= 11 is 0. The molecular formula is C40H26N2. The largest absolute Gasteiger partial charge is 0.309 e. The summed E-state index contributed by atoms with van der Waals surface area (Å²) < 4.78 is 4.87. The van der Waals surface area contributed by atoms with Gasteiger partial charge in [-0.3, -0.25) is 0 Å². The molecule has 2 nitrogen and oxygen atoms in total. The van der Waals surface area contributed by atoms with E-state index in [1.165, 1.54) is 76.9 Å². The molecule has 196 valence electrons. The van der Waals surface area contributed by atoms with Crippen molar-refractivity contribution in [1.29, 1.82) is 0 Å². The first-order valence-corrected chi connectivity index (χ1v) is 14.5. The Morgan fingerprint density at radius 2 is 0.929 bits per heavy atom. The van der Waals surface area contributed by atoms with Crippen LogP contribution in [0.4, 0.5) is 0 Å². The lowest BCUT2D eigenvalue weighted by molar-refractivity contribution is 1.18. The lowest BCUT2D eigenvalue weighted by atomic mass is 10.0. The van der Waals surface area contributed by atoms with E-state index in [0.717, 1.165) is 0 Å². The van der Waals surface area contributed by atoms with Crippen LogP contribution in [0.1, 0.15) is 0 Å². The topological polar surface area (TPSA) is 9.86 Å². The van der Waals surface area contributed by atoms with Crippen LogP contribution in [0, 0.1) is 0 Å². The third-order valence-electron chi connectivity index (χ3n) is 8.67. The summed E-state index contributed by atoms with van der Waals surface area (Å²) in [6, 6.07) is 57.2. The summed E-state index contributed by atoms with van der Waals surface area (Å²) in [5.41, 5.74) is 9.67. The van der Waals surface area contributed by atoms with Gasteiger partial charge in [-0.1, -0.05) is 109 Å². The summed E-state index contributed by atoms with van der Waals surface area (Å²) in [5, 5.41) is 7.58. The predicted molar refractivity (Wildman–Crippen MR) is 178 cm³/mol. The van der Waals surface area contributed by atoms with Gasteiger partial charge in [0.15, 0.2) is 0 Å². The molecule has 0 bridgehead atoms. The van der Waals surface area contributed by atoms with E-state index in [1.807, 2.05) is 0 Å². The average Bonchev–Trinajstić information content (AvgIpc) is 3.57. The molecule has 2 aromatic heterocycles. The van der Waals surface area contributed by atoms with Crippen LogP contribution < -0.4 is 0 Å². The van der Waals surface area contributed by atoms with Crippen molar-refractivity contribution in [1.82, 2.24) is 9.13 Å². The highest BCUT2D eigenvalue weighted by Gasteiger charge is 2.18. The third kappa shape index (κ3) is 3.33. The van der Waals surface area contributed by atoms with E-state index in [9.17, 15) is 0 Å². The van der Waals surface area contributed by atoms with E-state index in [4.69, 9.17) is 0 Å². The first kappa shape index (κ1) is 23.1. The summed E-state index contributed by atoms with van der Waals surface area (Å²) in [6.45, 7) is 0. The number of para-hydroxylation sites is 3. The fraction of sp³-hybridized carbons (Fsp3) is 0. The molecule has 0 saturated carbocycles. The minimum Gasteiger partial charge on any atom is -0.309 e. The van der Waals surface area contributed by atoms with Crippen molar-refractivity contribution in [3.63, 3.8) is 0 Å². The summed E-state index contributed by atoms with van der Waals surface area (Å²) in [4.78, 5) is 0. The molecule has 9 aromatic rings. The van der Waals surface area contributed by atoms with Crippen molar-refractivity contribution < 1.29 is 0 Å². The maximum Gasteiger partial charge on any atom is 0.0620 e. The molecule has 0 unspecified atom stereocenters. The van der Waals surface area contributed by atoms with Gasteiger partial charge in [-0.15, -0.1) is 0 Å². The van der Waals surface area contributed by atoms with Gasteiger partial charge in [0.1, 0.15) is 0 Å². The smallest absolute Gasteiger partial charge is 0.0620 e. The summed E-state index contributed by atoms with van der Waals surface area (Å²) in [5.74, 6) is 0. The zero-order valence-corrected chi connectivity index (χ0v) is 22.9. The second-order valence-corrected chi connectivity index (χ2v) is 11.0. The first-order valence-electron chi connectivity index (χ1n) is 14.5. The number of aromatic nitrogens is 2. The number of hydrogen-bond donors (Lipinski definition) is 0. The van der Waals surface area contributed by atoms with Crippen LogP contribution in [0.15, 0.2) is 158 Å². The standard InChI is InChI=1S/C40H26N2/c1-3-12-27(13-4-1)28-14-11-17-31(24-28)42-38-21-10-7-18-32(38)34-23-22-29-25-36-33-19-8-9-20-37(33)41(30-15-5-2-6-16-30)39(36)26-35(29)40(34)42/h1-26H. The number of nitrogens with zero attached hydrogens (tertiary/aromatic N) is 2. The van der Waals surface area contributed by atoms with Gasteiger partial charge in [-0.25, -0.2) is 0 Å². The maximum atomic E-state index is 2.46. The van der Waals surface area contributed by atoms with Gasteiger partial charge in [-0.05, 0) is 65.0 Å². The van der Waals surface area contributed by atoms with Crippen LogP contribution >= 0.6 is 0 Å². The minimum atomic E-state index is 1.17. The van der Waals surface area contributed by atoms with E-state index < -0.39 is 0 Å². The summed E-state index contributed by atoms with van der Waals surface area (Å²) in [7, 11) is 0. The highest BCUT2D eigenvalue weighted by Crippen LogP contribution is 2.41. The van der Waals surface area contributed by atoms with Gasteiger partial charge in [-0.2, -0.15) is 0 Å². The Kier molecular flexibility index (Phi) is 4.93. The SMILES string of the molecule is c1ccc(-c2cccc(-n3c4ccccc4c4ccc5cc6c7ccccc7n(-c7ccccc7)c6cc5c43)c2)cc1. The second kappa shape index (κ2) is 8.95. The fourth-order valence-electron chi connectivity index (χ4n) is 6.83. The molecule has 9 rings (SSSR count). The molecule has 0 aliphatic carbocycles. The first-order chi connectivity index (χ1) is 20.8. The van der Waals surface area contributed by atoms with Crippen molar-refractivity contribution in [3.05, 3.63) is 158 Å². The van der Waals surface area contributed by atoms with Crippen LogP contribution in [-0.4, -0.2) is 9.13 Å². The van der Waals surface area contributed by atoms with Crippen LogP contribution in [0.25, 0.3) is 76.9 Å². The molecule has 0 atom stereocenters. The van der Waals surface area contributed by atoms with E-state index in [1.54, 1.807) is 0 Å². The predicted octanol–water partition coefficient (Wildman–Crippen LogP) is 10.7. The zero-order valence-electron chi connectivity index (χ0n) is 22.9. The number of benzene rings is 7. The van der Waals surface area contributed by atoms with Crippen molar-refractivity contribution in [2.45, 2.75) is 0 Å². The van der Waals surface area contributed by atoms with Gasteiger partial charge in [0.25, 0.3) is 0 Å². The Labute approximate surface area is 243 Å². The van der Waals surface area contributed by atoms with Gasteiger partial charge in [0.2, 0.25) is 0 Å². The zero-order chi connectivity index (χ0) is 27.6. The molecule has 0 aliphatic rings. The number of rotatable bonds is 3. The fourth-order valence-corrected chi connectivity index (χ4v) is 6.83. The normalized spacial score (nSPS) is 11.8. The molecule has 0 aliphatic heterocycles. The quantitative estimate of drug-likeness (QED) is 0.213. The summed E-state index contributed by atoms with van der Waals surface area (Å²) in [6.07, 6.45) is 0. The second-order valence-electron chi connectivity index (χ2n) is 11.0. The van der Waals surface area contributed by atoms with Gasteiger partial charge in [0, 0.05) is 38.3 Å². The van der Waals surface area contributed by atoms with Crippen molar-refractivity contribution in [2.75, 3.05) is 0 Å². The Morgan fingerprint density at radius 1 is 0.310 bits per heavy atom. The highest BCUT2D eigenvalue weighted by atomic mass is 15.0. The number of hydrogen-bond acceptors (Lipinski definition) is 0. The molecular weight excluding hydrogens is 508 g/mol. The molecule has 2 heterocycles. The van der Waals surface area contributed by atoms with E-state index in [0.29, 0.717) is 0 Å². The number of fused-ring (bicyclic) bond motifs is 8. The monoisotopic (exact) mass is 534 g/mol. The third-order valence-corrected chi connectivity index (χ3v) is 8.67. The van der Waals surface area contributed by atoms with Crippen molar-refractivity contribution >= 4 is 54.4 Å². The molecule has 42 heavy (non-hydrogen) atoms. The molecule has 0 radical (unpaired) electrons. The Bertz CT molecular complexity index is 2440. The lowest BCUT2D eigenvalue weighted by Gasteiger charge is -2.13. The Balaban J connectivity index is 1.43. The van der Waals surface area contributed by atoms with Crippen molar-refractivity contribution in [2.24, 2.45) is 0 Å². The van der Waals surface area contributed by atoms with Gasteiger partial charge < -0.3 is 9.13 Å². The average molecular weight is 535 g/mol. The Hall–Kier alpha value is -5.60. The van der Waals surface area contributed by atoms with E-state index in [-0.39, 0.29) is 0 Å². The molecule has 2 heteroatoms. The minimum absolute atomic E-state index is 1.17. The van der Waals surface area contributed by atoms with Crippen LogP contribution in [0.2, 0.25) is 0 Å². The Morgan fingerprint density at radius 3 is 1.71 bits per heavy atom.